The zero-order valence-electron chi connectivity index (χ0n) is 12.3. The summed E-state index contributed by atoms with van der Waals surface area (Å²) in [4.78, 5) is 14.3. The van der Waals surface area contributed by atoms with E-state index in [9.17, 15) is 9.90 Å². The van der Waals surface area contributed by atoms with E-state index in [4.69, 9.17) is 4.74 Å². The van der Waals surface area contributed by atoms with Gasteiger partial charge in [0.25, 0.3) is 0 Å². The number of allylic oxidation sites excluding steroid dienone is 1. The van der Waals surface area contributed by atoms with Crippen molar-refractivity contribution in [1.82, 2.24) is 4.90 Å². The summed E-state index contributed by atoms with van der Waals surface area (Å²) >= 11 is 1.55. The SMILES string of the molecule is COC(=O)C1=CC(C)C(/C=C\CN2C(O)CC[C@@H]2C)S1. The summed E-state index contributed by atoms with van der Waals surface area (Å²) in [6.07, 6.45) is 7.81. The first kappa shape index (κ1) is 15.6. The third-order valence-electron chi connectivity index (χ3n) is 4.02. The van der Waals surface area contributed by atoms with Crippen molar-refractivity contribution in [2.24, 2.45) is 5.92 Å². The second-order valence-corrected chi connectivity index (χ2v) is 6.72. The van der Waals surface area contributed by atoms with Crippen LogP contribution in [0.2, 0.25) is 0 Å². The van der Waals surface area contributed by atoms with Crippen LogP contribution >= 0.6 is 11.8 Å². The van der Waals surface area contributed by atoms with Crippen LogP contribution in [0.5, 0.6) is 0 Å². The van der Waals surface area contributed by atoms with E-state index in [1.165, 1.54) is 7.11 Å². The monoisotopic (exact) mass is 297 g/mol. The Bertz CT molecular complexity index is 411. The molecule has 4 nitrogen and oxygen atoms in total. The molecular weight excluding hydrogens is 274 g/mol. The molecule has 1 fully saturated rings. The summed E-state index contributed by atoms with van der Waals surface area (Å²) in [5.41, 5.74) is 0. The highest BCUT2D eigenvalue weighted by Gasteiger charge is 2.29. The molecule has 2 heterocycles. The maximum atomic E-state index is 11.5. The van der Waals surface area contributed by atoms with E-state index in [0.29, 0.717) is 16.9 Å². The molecule has 0 bridgehead atoms. The van der Waals surface area contributed by atoms with Crippen molar-refractivity contribution in [2.75, 3.05) is 13.7 Å². The lowest BCUT2D eigenvalue weighted by molar-refractivity contribution is -0.135. The van der Waals surface area contributed by atoms with Gasteiger partial charge in [-0.25, -0.2) is 4.79 Å². The van der Waals surface area contributed by atoms with Gasteiger partial charge in [-0.15, -0.1) is 11.8 Å². The minimum absolute atomic E-state index is 0.249. The number of hydrogen-bond acceptors (Lipinski definition) is 5. The normalized spacial score (nSPS) is 34.7. The molecule has 0 aromatic heterocycles. The predicted octanol–water partition coefficient (Wildman–Crippen LogP) is 2.15. The molecule has 0 amide bonds. The van der Waals surface area contributed by atoms with Crippen molar-refractivity contribution in [1.29, 1.82) is 0 Å². The quantitative estimate of drug-likeness (QED) is 0.636. The van der Waals surface area contributed by atoms with E-state index >= 15 is 0 Å². The fraction of sp³-hybridized carbons (Fsp3) is 0.667. The molecule has 20 heavy (non-hydrogen) atoms. The van der Waals surface area contributed by atoms with Crippen LogP contribution in [-0.2, 0) is 9.53 Å². The number of aliphatic hydroxyl groups excluding tert-OH is 1. The molecule has 0 aromatic rings. The largest absolute Gasteiger partial charge is 0.465 e. The molecule has 0 saturated carbocycles. The molecule has 0 spiro atoms. The predicted molar refractivity (Wildman–Crippen MR) is 81.2 cm³/mol. The van der Waals surface area contributed by atoms with Gasteiger partial charge in [0, 0.05) is 17.8 Å². The van der Waals surface area contributed by atoms with Crippen LogP contribution in [0.3, 0.4) is 0 Å². The van der Waals surface area contributed by atoms with E-state index in [0.717, 1.165) is 19.4 Å². The fourth-order valence-electron chi connectivity index (χ4n) is 2.69. The first-order valence-electron chi connectivity index (χ1n) is 7.10. The van der Waals surface area contributed by atoms with Crippen LogP contribution in [0.4, 0.5) is 0 Å². The topological polar surface area (TPSA) is 49.8 Å². The lowest BCUT2D eigenvalue weighted by atomic mass is 10.1. The number of nitrogens with zero attached hydrogens (tertiary/aromatic N) is 1. The van der Waals surface area contributed by atoms with Crippen molar-refractivity contribution in [3.8, 4) is 0 Å². The smallest absolute Gasteiger partial charge is 0.344 e. The lowest BCUT2D eigenvalue weighted by Gasteiger charge is -2.23. The molecule has 2 aliphatic rings. The number of esters is 1. The van der Waals surface area contributed by atoms with Gasteiger partial charge in [-0.05, 0) is 25.7 Å². The third-order valence-corrected chi connectivity index (χ3v) is 5.43. The summed E-state index contributed by atoms with van der Waals surface area (Å²) in [7, 11) is 1.41. The van der Waals surface area contributed by atoms with Gasteiger partial charge in [0.1, 0.15) is 6.23 Å². The second kappa shape index (κ2) is 6.78. The van der Waals surface area contributed by atoms with Crippen LogP contribution in [0.25, 0.3) is 0 Å². The Morgan fingerprint density at radius 3 is 2.90 bits per heavy atom. The highest BCUT2D eigenvalue weighted by Crippen LogP contribution is 2.37. The highest BCUT2D eigenvalue weighted by molar-refractivity contribution is 8.05. The molecule has 1 N–H and O–H groups in total. The molecule has 2 aliphatic heterocycles. The summed E-state index contributed by atoms with van der Waals surface area (Å²) in [6.45, 7) is 5.01. The number of methoxy groups -OCH3 is 1. The van der Waals surface area contributed by atoms with Crippen molar-refractivity contribution in [3.05, 3.63) is 23.1 Å². The standard InChI is InChI=1S/C15H23NO3S/c1-10-9-13(15(18)19-3)20-12(10)5-4-8-16-11(2)6-7-14(16)17/h4-5,9-12,14,17H,6-8H2,1-3H3/b5-4-/t10?,11-,12?,14?/m0/s1. The van der Waals surface area contributed by atoms with Gasteiger partial charge < -0.3 is 9.84 Å². The van der Waals surface area contributed by atoms with Gasteiger partial charge in [0.2, 0.25) is 0 Å². The molecule has 4 atom stereocenters. The zero-order chi connectivity index (χ0) is 14.7. The second-order valence-electron chi connectivity index (χ2n) is 5.50. The number of hydrogen-bond donors (Lipinski definition) is 1. The van der Waals surface area contributed by atoms with Gasteiger partial charge >= 0.3 is 5.97 Å². The molecule has 0 aromatic carbocycles. The Kier molecular flexibility index (Phi) is 5.29. The van der Waals surface area contributed by atoms with Crippen molar-refractivity contribution >= 4 is 17.7 Å². The van der Waals surface area contributed by atoms with Gasteiger partial charge in [0.15, 0.2) is 0 Å². The minimum Gasteiger partial charge on any atom is -0.465 e. The van der Waals surface area contributed by atoms with E-state index in [2.05, 4.69) is 30.9 Å². The van der Waals surface area contributed by atoms with Crippen molar-refractivity contribution in [2.45, 2.75) is 44.2 Å². The molecule has 1 saturated heterocycles. The lowest BCUT2D eigenvalue weighted by Crippen LogP contribution is -2.34. The van der Waals surface area contributed by atoms with E-state index in [-0.39, 0.29) is 17.4 Å². The van der Waals surface area contributed by atoms with Gasteiger partial charge in [0.05, 0.1) is 12.0 Å². The number of rotatable bonds is 4. The van der Waals surface area contributed by atoms with Crippen LogP contribution in [0.1, 0.15) is 26.7 Å². The number of aliphatic hydroxyl groups is 1. The molecule has 0 aliphatic carbocycles. The first-order valence-corrected chi connectivity index (χ1v) is 7.98. The van der Waals surface area contributed by atoms with Crippen LogP contribution < -0.4 is 0 Å². The number of ether oxygens (including phenoxy) is 1. The Hall–Kier alpha value is -0.780. The summed E-state index contributed by atoms with van der Waals surface area (Å²) in [5, 5.41) is 10.1. The van der Waals surface area contributed by atoms with Gasteiger partial charge in [-0.1, -0.05) is 25.2 Å². The Labute approximate surface area is 124 Å². The maximum absolute atomic E-state index is 11.5. The van der Waals surface area contributed by atoms with E-state index in [1.54, 1.807) is 11.8 Å². The van der Waals surface area contributed by atoms with Crippen molar-refractivity contribution in [3.63, 3.8) is 0 Å². The number of carbonyl (C=O) groups excluding carboxylic acids is 1. The summed E-state index contributed by atoms with van der Waals surface area (Å²) in [5.74, 6) is 0.0765. The maximum Gasteiger partial charge on any atom is 0.344 e. The van der Waals surface area contributed by atoms with Crippen LogP contribution in [0.15, 0.2) is 23.1 Å². The Morgan fingerprint density at radius 1 is 1.55 bits per heavy atom. The van der Waals surface area contributed by atoms with Gasteiger partial charge in [-0.2, -0.15) is 0 Å². The van der Waals surface area contributed by atoms with Crippen molar-refractivity contribution < 1.29 is 14.6 Å². The van der Waals surface area contributed by atoms with Crippen LogP contribution in [0, 0.1) is 5.92 Å². The molecule has 112 valence electrons. The first-order chi connectivity index (χ1) is 9.52. The fourth-order valence-corrected chi connectivity index (χ4v) is 3.94. The minimum atomic E-state index is -0.313. The average Bonchev–Trinajstić information content (AvgIpc) is 2.95. The average molecular weight is 297 g/mol. The molecule has 5 heteroatoms. The number of carbonyl (C=O) groups is 1. The summed E-state index contributed by atoms with van der Waals surface area (Å²) in [6, 6.07) is 0.437. The molecule has 0 radical (unpaired) electrons. The van der Waals surface area contributed by atoms with E-state index in [1.807, 2.05) is 6.08 Å². The molecular formula is C15H23NO3S. The summed E-state index contributed by atoms with van der Waals surface area (Å²) < 4.78 is 4.75. The third kappa shape index (κ3) is 3.45. The molecule has 3 unspecified atom stereocenters. The number of thioether (sulfide) groups is 1. The van der Waals surface area contributed by atoms with Gasteiger partial charge in [-0.3, -0.25) is 4.90 Å². The Balaban J connectivity index is 1.86. The number of likely N-dealkylation sites (tertiary alicyclic amines) is 1. The van der Waals surface area contributed by atoms with Crippen LogP contribution in [-0.4, -0.2) is 47.1 Å². The van der Waals surface area contributed by atoms with E-state index < -0.39 is 0 Å². The zero-order valence-corrected chi connectivity index (χ0v) is 13.1. The molecule has 2 rings (SSSR count). The highest BCUT2D eigenvalue weighted by atomic mass is 32.2. The Morgan fingerprint density at radius 2 is 2.30 bits per heavy atom.